The molecule has 2 unspecified atom stereocenters. The number of nitrogens with one attached hydrogen (secondary N) is 1. The molecule has 3 amide bonds. The summed E-state index contributed by atoms with van der Waals surface area (Å²) in [5.41, 5.74) is -0.0867. The first-order chi connectivity index (χ1) is 8.93. The van der Waals surface area contributed by atoms with Crippen LogP contribution in [0.1, 0.15) is 6.92 Å². The number of para-hydroxylation sites is 1. The quantitative estimate of drug-likeness (QED) is 0.470. The molecule has 2 N–H and O–H groups in total. The number of amides is 3. The van der Waals surface area contributed by atoms with Crippen LogP contribution >= 0.6 is 0 Å². The molecular weight excluding hydrogens is 255 g/mol. The topological polar surface area (TPSA) is 86.7 Å². The highest BCUT2D eigenvalue weighted by molar-refractivity contribution is 6.16. The van der Waals surface area contributed by atoms with E-state index in [-0.39, 0.29) is 10.8 Å². The Morgan fingerprint density at radius 1 is 1.32 bits per heavy atom. The Labute approximate surface area is 107 Å². The molecule has 19 heavy (non-hydrogen) atoms. The molecule has 1 aliphatic rings. The third-order valence-electron chi connectivity index (χ3n) is 2.99. The summed E-state index contributed by atoms with van der Waals surface area (Å²) in [6, 6.07) is 5.45. The Balaban J connectivity index is 2.20. The third-order valence-corrected chi connectivity index (χ3v) is 2.99. The fraction of sp³-hybridized carbons (Fsp3) is 0.250. The molecule has 1 aromatic rings. The van der Waals surface area contributed by atoms with E-state index < -0.39 is 35.4 Å². The van der Waals surface area contributed by atoms with Crippen LogP contribution in [0.25, 0.3) is 0 Å². The second-order valence-electron chi connectivity index (χ2n) is 4.22. The lowest BCUT2D eigenvalue weighted by molar-refractivity contribution is -0.172. The molecule has 1 saturated heterocycles. The average molecular weight is 266 g/mol. The van der Waals surface area contributed by atoms with E-state index in [1.165, 1.54) is 25.1 Å². The monoisotopic (exact) mass is 266 g/mol. The molecule has 0 aliphatic carbocycles. The van der Waals surface area contributed by atoms with Crippen molar-refractivity contribution in [1.82, 2.24) is 5.06 Å². The van der Waals surface area contributed by atoms with Crippen LogP contribution in [0.15, 0.2) is 24.3 Å². The molecule has 1 aromatic carbocycles. The van der Waals surface area contributed by atoms with Gasteiger partial charge in [-0.05, 0) is 12.1 Å². The molecule has 2 rings (SSSR count). The van der Waals surface area contributed by atoms with Crippen molar-refractivity contribution in [3.63, 3.8) is 0 Å². The van der Waals surface area contributed by atoms with Gasteiger partial charge in [0.05, 0.1) is 11.6 Å². The zero-order valence-electron chi connectivity index (χ0n) is 9.96. The molecule has 0 bridgehead atoms. The van der Waals surface area contributed by atoms with Crippen molar-refractivity contribution in [3.8, 4) is 0 Å². The summed E-state index contributed by atoms with van der Waals surface area (Å²) in [5.74, 6) is -5.67. The molecule has 100 valence electrons. The summed E-state index contributed by atoms with van der Waals surface area (Å²) in [7, 11) is 0. The van der Waals surface area contributed by atoms with Crippen molar-refractivity contribution >= 4 is 23.4 Å². The molecule has 0 aromatic heterocycles. The number of benzene rings is 1. The number of carbonyl (C=O) groups is 3. The van der Waals surface area contributed by atoms with Gasteiger partial charge >= 0.3 is 0 Å². The predicted molar refractivity (Wildman–Crippen MR) is 61.3 cm³/mol. The average Bonchev–Trinajstić information content (AvgIpc) is 2.57. The molecule has 2 atom stereocenters. The van der Waals surface area contributed by atoms with Crippen LogP contribution in [0, 0.1) is 17.7 Å². The minimum absolute atomic E-state index is 0.0732. The molecule has 6 nitrogen and oxygen atoms in total. The van der Waals surface area contributed by atoms with Gasteiger partial charge in [0.1, 0.15) is 11.7 Å². The van der Waals surface area contributed by atoms with Crippen molar-refractivity contribution in [1.29, 1.82) is 0 Å². The number of imide groups is 1. The zero-order chi connectivity index (χ0) is 14.2. The maximum atomic E-state index is 13.4. The van der Waals surface area contributed by atoms with E-state index in [1.54, 1.807) is 0 Å². The third kappa shape index (κ3) is 2.19. The summed E-state index contributed by atoms with van der Waals surface area (Å²) in [4.78, 5) is 34.8. The van der Waals surface area contributed by atoms with Gasteiger partial charge in [-0.1, -0.05) is 19.1 Å². The van der Waals surface area contributed by atoms with Gasteiger partial charge in [-0.2, -0.15) is 5.06 Å². The molecule has 7 heteroatoms. The predicted octanol–water partition coefficient (Wildman–Crippen LogP) is 0.774. The van der Waals surface area contributed by atoms with Crippen LogP contribution in [0.2, 0.25) is 0 Å². The smallest absolute Gasteiger partial charge is 0.266 e. The Hall–Kier alpha value is -2.28. The first-order valence-electron chi connectivity index (χ1n) is 5.55. The van der Waals surface area contributed by atoms with Gasteiger partial charge in [-0.15, -0.1) is 0 Å². The number of nitrogens with zero attached hydrogens (tertiary/aromatic N) is 1. The van der Waals surface area contributed by atoms with Crippen LogP contribution in [0.4, 0.5) is 10.1 Å². The van der Waals surface area contributed by atoms with Crippen LogP contribution < -0.4 is 5.32 Å². The number of hydrogen-bond donors (Lipinski definition) is 2. The molecular formula is C12H11FN2O4. The first-order valence-corrected chi connectivity index (χ1v) is 5.55. The van der Waals surface area contributed by atoms with Crippen molar-refractivity contribution in [2.24, 2.45) is 11.8 Å². The summed E-state index contributed by atoms with van der Waals surface area (Å²) in [5, 5.41) is 11.3. The van der Waals surface area contributed by atoms with Gasteiger partial charge in [-0.3, -0.25) is 19.6 Å². The van der Waals surface area contributed by atoms with Gasteiger partial charge in [0, 0.05) is 0 Å². The van der Waals surface area contributed by atoms with Gasteiger partial charge in [0.25, 0.3) is 11.8 Å². The number of halogens is 1. The van der Waals surface area contributed by atoms with Gasteiger partial charge in [0.2, 0.25) is 5.91 Å². The zero-order valence-corrected chi connectivity index (χ0v) is 9.96. The fourth-order valence-electron chi connectivity index (χ4n) is 1.90. The van der Waals surface area contributed by atoms with Crippen molar-refractivity contribution in [3.05, 3.63) is 30.1 Å². The van der Waals surface area contributed by atoms with Crippen LogP contribution in [-0.2, 0) is 14.4 Å². The Morgan fingerprint density at radius 2 is 1.95 bits per heavy atom. The number of hydroxylamine groups is 2. The highest BCUT2D eigenvalue weighted by Gasteiger charge is 2.49. The van der Waals surface area contributed by atoms with Crippen molar-refractivity contribution < 1.29 is 24.0 Å². The van der Waals surface area contributed by atoms with Crippen molar-refractivity contribution in [2.45, 2.75) is 6.92 Å². The van der Waals surface area contributed by atoms with Gasteiger partial charge in [0.15, 0.2) is 0 Å². The lowest BCUT2D eigenvalue weighted by Crippen LogP contribution is -2.33. The number of rotatable bonds is 2. The molecule has 1 aliphatic heterocycles. The standard InChI is InChI=1S/C12H11FN2O4/c1-6-9(12(18)15(19)11(6)17)10(16)14-8-5-3-2-4-7(8)13/h2-6,9,19H,1H3,(H,14,16). The molecule has 0 saturated carbocycles. The number of carbonyl (C=O) groups excluding carboxylic acids is 3. The highest BCUT2D eigenvalue weighted by atomic mass is 19.1. The molecule has 1 heterocycles. The Bertz CT molecular complexity index is 560. The minimum Gasteiger partial charge on any atom is -0.323 e. The van der Waals surface area contributed by atoms with E-state index >= 15 is 0 Å². The summed E-state index contributed by atoms with van der Waals surface area (Å²) in [6.45, 7) is 1.35. The fourth-order valence-corrected chi connectivity index (χ4v) is 1.90. The molecule has 0 radical (unpaired) electrons. The molecule has 0 spiro atoms. The normalized spacial score (nSPS) is 22.8. The second kappa shape index (κ2) is 4.77. The van der Waals surface area contributed by atoms with E-state index in [9.17, 15) is 18.8 Å². The highest BCUT2D eigenvalue weighted by Crippen LogP contribution is 2.26. The van der Waals surface area contributed by atoms with Gasteiger partial charge in [-0.25, -0.2) is 4.39 Å². The summed E-state index contributed by atoms with van der Waals surface area (Å²) < 4.78 is 13.4. The van der Waals surface area contributed by atoms with Crippen LogP contribution in [-0.4, -0.2) is 28.0 Å². The SMILES string of the molecule is CC1C(=O)N(O)C(=O)C1C(=O)Nc1ccccc1F. The molecule has 1 fully saturated rings. The lowest BCUT2D eigenvalue weighted by atomic mass is 9.96. The van der Waals surface area contributed by atoms with E-state index in [4.69, 9.17) is 5.21 Å². The minimum atomic E-state index is -1.35. The lowest BCUT2D eigenvalue weighted by Gasteiger charge is -2.11. The summed E-state index contributed by atoms with van der Waals surface area (Å²) in [6.07, 6.45) is 0. The Kier molecular flexibility index (Phi) is 3.30. The van der Waals surface area contributed by atoms with E-state index in [2.05, 4.69) is 5.32 Å². The van der Waals surface area contributed by atoms with Crippen LogP contribution in [0.3, 0.4) is 0 Å². The maximum Gasteiger partial charge on any atom is 0.266 e. The largest absolute Gasteiger partial charge is 0.323 e. The number of anilines is 1. The van der Waals surface area contributed by atoms with E-state index in [0.29, 0.717) is 0 Å². The number of hydrogen-bond acceptors (Lipinski definition) is 4. The maximum absolute atomic E-state index is 13.4. The van der Waals surface area contributed by atoms with E-state index in [1.807, 2.05) is 0 Å². The van der Waals surface area contributed by atoms with Gasteiger partial charge < -0.3 is 5.32 Å². The van der Waals surface area contributed by atoms with Crippen LogP contribution in [0.5, 0.6) is 0 Å². The summed E-state index contributed by atoms with van der Waals surface area (Å²) >= 11 is 0. The second-order valence-corrected chi connectivity index (χ2v) is 4.22. The first kappa shape index (κ1) is 13.2. The van der Waals surface area contributed by atoms with Crippen molar-refractivity contribution in [2.75, 3.05) is 5.32 Å². The Morgan fingerprint density at radius 3 is 2.47 bits per heavy atom. The van der Waals surface area contributed by atoms with E-state index in [0.717, 1.165) is 6.07 Å².